The zero-order valence-corrected chi connectivity index (χ0v) is 8.96. The highest BCUT2D eigenvalue weighted by atomic mass is 16.3. The SMILES string of the molecule is C/C(O)=C/C=C1/C=CC=C1c1ncccn1. The van der Waals surface area contributed by atoms with Gasteiger partial charge in [0.05, 0.1) is 5.76 Å². The lowest BCUT2D eigenvalue weighted by molar-refractivity contribution is 0.414. The highest BCUT2D eigenvalue weighted by Gasteiger charge is 2.10. The van der Waals surface area contributed by atoms with Crippen molar-refractivity contribution in [1.29, 1.82) is 0 Å². The van der Waals surface area contributed by atoms with Crippen LogP contribution in [0.25, 0.3) is 5.57 Å². The average molecular weight is 212 g/mol. The molecule has 1 aromatic rings. The number of nitrogens with zero attached hydrogens (tertiary/aromatic N) is 2. The summed E-state index contributed by atoms with van der Waals surface area (Å²) in [6.45, 7) is 1.64. The highest BCUT2D eigenvalue weighted by molar-refractivity contribution is 5.83. The van der Waals surface area contributed by atoms with Crippen LogP contribution in [-0.2, 0) is 0 Å². The number of rotatable bonds is 2. The molecule has 1 heterocycles. The van der Waals surface area contributed by atoms with Gasteiger partial charge in [-0.2, -0.15) is 0 Å². The topological polar surface area (TPSA) is 46.0 Å². The summed E-state index contributed by atoms with van der Waals surface area (Å²) in [6.07, 6.45) is 12.8. The number of hydrogen-bond donors (Lipinski definition) is 1. The standard InChI is InChI=1S/C13H12N2O/c1-10(16)6-7-11-4-2-5-12(11)13-14-8-3-9-15-13/h2-9,16H,1H3/b10-6-,11-7-. The molecule has 0 unspecified atom stereocenters. The molecular weight excluding hydrogens is 200 g/mol. The van der Waals surface area contributed by atoms with E-state index in [9.17, 15) is 0 Å². The molecule has 80 valence electrons. The Balaban J connectivity index is 2.31. The average Bonchev–Trinajstić information content (AvgIpc) is 2.75. The normalized spacial score (nSPS) is 17.9. The first-order valence-electron chi connectivity index (χ1n) is 5.01. The summed E-state index contributed by atoms with van der Waals surface area (Å²) < 4.78 is 0. The van der Waals surface area contributed by atoms with Crippen LogP contribution in [0.2, 0.25) is 0 Å². The van der Waals surface area contributed by atoms with E-state index < -0.39 is 0 Å². The first-order valence-corrected chi connectivity index (χ1v) is 5.01. The Hall–Kier alpha value is -2.16. The fourth-order valence-electron chi connectivity index (χ4n) is 1.43. The maximum absolute atomic E-state index is 9.11. The third-order valence-electron chi connectivity index (χ3n) is 2.16. The molecule has 0 aliphatic heterocycles. The summed E-state index contributed by atoms with van der Waals surface area (Å²) >= 11 is 0. The van der Waals surface area contributed by atoms with Gasteiger partial charge in [-0.05, 0) is 24.6 Å². The number of aliphatic hydroxyl groups excluding tert-OH is 1. The van der Waals surface area contributed by atoms with E-state index in [-0.39, 0.29) is 5.76 Å². The van der Waals surface area contributed by atoms with Crippen molar-refractivity contribution in [2.24, 2.45) is 0 Å². The lowest BCUT2D eigenvalue weighted by Gasteiger charge is -2.01. The van der Waals surface area contributed by atoms with E-state index in [0.717, 1.165) is 11.1 Å². The quantitative estimate of drug-likeness (QED) is 0.767. The molecule has 0 saturated carbocycles. The van der Waals surface area contributed by atoms with Gasteiger partial charge in [0.15, 0.2) is 5.82 Å². The van der Waals surface area contributed by atoms with E-state index >= 15 is 0 Å². The highest BCUT2D eigenvalue weighted by Crippen LogP contribution is 2.25. The van der Waals surface area contributed by atoms with Crippen LogP contribution in [0.3, 0.4) is 0 Å². The van der Waals surface area contributed by atoms with Gasteiger partial charge in [0.25, 0.3) is 0 Å². The van der Waals surface area contributed by atoms with Gasteiger partial charge in [-0.3, -0.25) is 0 Å². The third-order valence-corrected chi connectivity index (χ3v) is 2.16. The second kappa shape index (κ2) is 4.57. The molecule has 0 radical (unpaired) electrons. The van der Waals surface area contributed by atoms with Crippen molar-refractivity contribution >= 4 is 5.57 Å². The molecule has 3 nitrogen and oxygen atoms in total. The van der Waals surface area contributed by atoms with Crippen molar-refractivity contribution < 1.29 is 5.11 Å². The molecule has 1 aromatic heterocycles. The molecule has 0 saturated heterocycles. The van der Waals surface area contributed by atoms with Gasteiger partial charge in [-0.25, -0.2) is 9.97 Å². The Morgan fingerprint density at radius 1 is 1.31 bits per heavy atom. The van der Waals surface area contributed by atoms with Crippen molar-refractivity contribution in [1.82, 2.24) is 9.97 Å². The molecule has 1 aliphatic carbocycles. The van der Waals surface area contributed by atoms with E-state index in [4.69, 9.17) is 5.11 Å². The monoisotopic (exact) mass is 212 g/mol. The van der Waals surface area contributed by atoms with E-state index in [1.165, 1.54) is 0 Å². The third kappa shape index (κ3) is 2.25. The Bertz CT molecular complexity index is 492. The van der Waals surface area contributed by atoms with Gasteiger partial charge >= 0.3 is 0 Å². The van der Waals surface area contributed by atoms with Crippen molar-refractivity contribution in [3.63, 3.8) is 0 Å². The van der Waals surface area contributed by atoms with Crippen LogP contribution in [0.15, 0.2) is 60.2 Å². The van der Waals surface area contributed by atoms with Crippen molar-refractivity contribution in [2.75, 3.05) is 0 Å². The molecule has 1 aliphatic rings. The second-order valence-electron chi connectivity index (χ2n) is 3.44. The summed E-state index contributed by atoms with van der Waals surface area (Å²) in [6, 6.07) is 1.79. The van der Waals surface area contributed by atoms with Crippen molar-refractivity contribution in [3.8, 4) is 0 Å². The number of hydrogen-bond acceptors (Lipinski definition) is 3. The molecule has 2 rings (SSSR count). The number of aromatic nitrogens is 2. The smallest absolute Gasteiger partial charge is 0.159 e. The fourth-order valence-corrected chi connectivity index (χ4v) is 1.43. The summed E-state index contributed by atoms with van der Waals surface area (Å²) in [5.41, 5.74) is 1.97. The van der Waals surface area contributed by atoms with Crippen LogP contribution in [0.4, 0.5) is 0 Å². The molecule has 0 fully saturated rings. The van der Waals surface area contributed by atoms with Crippen molar-refractivity contribution in [3.05, 3.63) is 66.0 Å². The first kappa shape index (κ1) is 10.4. The zero-order valence-electron chi connectivity index (χ0n) is 8.96. The summed E-state index contributed by atoms with van der Waals surface area (Å²) in [4.78, 5) is 8.39. The van der Waals surface area contributed by atoms with Gasteiger partial charge in [-0.15, -0.1) is 0 Å². The largest absolute Gasteiger partial charge is 0.513 e. The number of aliphatic hydroxyl groups is 1. The Kier molecular flexibility index (Phi) is 2.96. The van der Waals surface area contributed by atoms with Crippen molar-refractivity contribution in [2.45, 2.75) is 6.92 Å². The fraction of sp³-hybridized carbons (Fsp3) is 0.0769. The molecule has 0 spiro atoms. The number of allylic oxidation sites excluding steroid dienone is 8. The predicted octanol–water partition coefficient (Wildman–Crippen LogP) is 2.82. The molecule has 0 amide bonds. The van der Waals surface area contributed by atoms with Crippen LogP contribution in [0, 0.1) is 0 Å². The van der Waals surface area contributed by atoms with Crippen LogP contribution in [-0.4, -0.2) is 15.1 Å². The van der Waals surface area contributed by atoms with Gasteiger partial charge in [0.1, 0.15) is 0 Å². The van der Waals surface area contributed by atoms with E-state index in [2.05, 4.69) is 9.97 Å². The molecule has 1 N–H and O–H groups in total. The summed E-state index contributed by atoms with van der Waals surface area (Å²) in [7, 11) is 0. The van der Waals surface area contributed by atoms with E-state index in [1.54, 1.807) is 31.5 Å². The summed E-state index contributed by atoms with van der Waals surface area (Å²) in [5.74, 6) is 0.976. The molecule has 16 heavy (non-hydrogen) atoms. The zero-order chi connectivity index (χ0) is 11.4. The van der Waals surface area contributed by atoms with Crippen LogP contribution in [0.1, 0.15) is 12.7 Å². The lowest BCUT2D eigenvalue weighted by Crippen LogP contribution is -1.92. The van der Waals surface area contributed by atoms with Gasteiger partial charge in [0.2, 0.25) is 0 Å². The Morgan fingerprint density at radius 3 is 2.75 bits per heavy atom. The molecule has 0 aromatic carbocycles. The van der Waals surface area contributed by atoms with E-state index in [1.807, 2.05) is 24.3 Å². The lowest BCUT2D eigenvalue weighted by atomic mass is 10.1. The molecular formula is C13H12N2O. The van der Waals surface area contributed by atoms with Crippen LogP contribution >= 0.6 is 0 Å². The minimum absolute atomic E-state index is 0.279. The second-order valence-corrected chi connectivity index (χ2v) is 3.44. The van der Waals surface area contributed by atoms with Crippen LogP contribution < -0.4 is 0 Å². The van der Waals surface area contributed by atoms with Crippen LogP contribution in [0.5, 0.6) is 0 Å². The first-order chi connectivity index (χ1) is 7.77. The van der Waals surface area contributed by atoms with Gasteiger partial charge in [-0.1, -0.05) is 24.3 Å². The molecule has 3 heteroatoms. The molecule has 0 bridgehead atoms. The van der Waals surface area contributed by atoms with Gasteiger partial charge < -0.3 is 5.11 Å². The minimum atomic E-state index is 0.279. The maximum Gasteiger partial charge on any atom is 0.159 e. The predicted molar refractivity (Wildman–Crippen MR) is 63.6 cm³/mol. The summed E-state index contributed by atoms with van der Waals surface area (Å²) in [5, 5.41) is 9.11. The Morgan fingerprint density at radius 2 is 2.06 bits per heavy atom. The Labute approximate surface area is 94.2 Å². The van der Waals surface area contributed by atoms with Gasteiger partial charge in [0, 0.05) is 18.0 Å². The molecule has 0 atom stereocenters. The maximum atomic E-state index is 9.11. The van der Waals surface area contributed by atoms with E-state index in [0.29, 0.717) is 5.82 Å². The minimum Gasteiger partial charge on any atom is -0.513 e.